The minimum absolute atomic E-state index is 0.372. The highest BCUT2D eigenvalue weighted by molar-refractivity contribution is 5.75. The second-order valence-corrected chi connectivity index (χ2v) is 4.30. The fraction of sp³-hybridized carbons (Fsp3) is 0.889. The smallest absolute Gasteiger partial charge is 0.309 e. The lowest BCUT2D eigenvalue weighted by molar-refractivity contribution is -0.151. The van der Waals surface area contributed by atoms with E-state index in [4.69, 9.17) is 5.11 Å². The molecule has 2 heteroatoms. The van der Waals surface area contributed by atoms with Gasteiger partial charge in [0, 0.05) is 0 Å². The van der Waals surface area contributed by atoms with Crippen molar-refractivity contribution in [2.45, 2.75) is 32.6 Å². The molecule has 1 N–H and O–H groups in total. The van der Waals surface area contributed by atoms with Gasteiger partial charge in [0.25, 0.3) is 0 Å². The number of hydrogen-bond acceptors (Lipinski definition) is 1. The van der Waals surface area contributed by atoms with E-state index in [-0.39, 0.29) is 5.41 Å². The zero-order chi connectivity index (χ0) is 8.06. The Labute approximate surface area is 66.6 Å². The summed E-state index contributed by atoms with van der Waals surface area (Å²) in [5, 5.41) is 8.99. The third kappa shape index (κ3) is 0.815. The van der Waals surface area contributed by atoms with Crippen molar-refractivity contribution in [1.29, 1.82) is 0 Å². The van der Waals surface area contributed by atoms with E-state index >= 15 is 0 Å². The molecular weight excluding hydrogens is 140 g/mol. The molecule has 2 bridgehead atoms. The minimum atomic E-state index is -0.579. The van der Waals surface area contributed by atoms with Crippen LogP contribution in [0.3, 0.4) is 0 Å². The van der Waals surface area contributed by atoms with Gasteiger partial charge in [-0.1, -0.05) is 6.42 Å². The molecule has 0 aromatic heterocycles. The van der Waals surface area contributed by atoms with Gasteiger partial charge >= 0.3 is 5.97 Å². The van der Waals surface area contributed by atoms with Crippen LogP contribution in [0.15, 0.2) is 0 Å². The monoisotopic (exact) mass is 154 g/mol. The summed E-state index contributed by atoms with van der Waals surface area (Å²) in [6.07, 6.45) is 4.51. The van der Waals surface area contributed by atoms with E-state index in [1.807, 2.05) is 6.92 Å². The van der Waals surface area contributed by atoms with Gasteiger partial charge in [0.1, 0.15) is 0 Å². The molecule has 62 valence electrons. The lowest BCUT2D eigenvalue weighted by Crippen LogP contribution is -2.32. The highest BCUT2D eigenvalue weighted by atomic mass is 16.4. The first-order valence-electron chi connectivity index (χ1n) is 4.36. The summed E-state index contributed by atoms with van der Waals surface area (Å²) in [4.78, 5) is 10.9. The standard InChI is InChI=1S/C9H14O2/c1-9(8(10)11)5-6-2-3-7(9)4-6/h6-7H,2-5H2,1H3,(H,10,11)/t6-,7+,9-/m1/s1. The molecule has 0 aliphatic heterocycles. The lowest BCUT2D eigenvalue weighted by atomic mass is 9.75. The molecular formula is C9H14O2. The van der Waals surface area contributed by atoms with Gasteiger partial charge in [-0.25, -0.2) is 0 Å². The Bertz CT molecular complexity index is 200. The van der Waals surface area contributed by atoms with Gasteiger partial charge in [0.15, 0.2) is 0 Å². The molecule has 0 aromatic carbocycles. The van der Waals surface area contributed by atoms with Gasteiger partial charge in [0.05, 0.1) is 5.41 Å². The van der Waals surface area contributed by atoms with Crippen LogP contribution in [-0.4, -0.2) is 11.1 Å². The van der Waals surface area contributed by atoms with Gasteiger partial charge in [0.2, 0.25) is 0 Å². The van der Waals surface area contributed by atoms with Crippen LogP contribution in [0.1, 0.15) is 32.6 Å². The van der Waals surface area contributed by atoms with E-state index < -0.39 is 5.97 Å². The summed E-state index contributed by atoms with van der Waals surface area (Å²) in [6.45, 7) is 1.92. The quantitative estimate of drug-likeness (QED) is 0.626. The number of carbonyl (C=O) groups is 1. The average molecular weight is 154 g/mol. The predicted molar refractivity (Wildman–Crippen MR) is 41.2 cm³/mol. The normalized spacial score (nSPS) is 48.1. The molecule has 0 saturated heterocycles. The molecule has 0 spiro atoms. The van der Waals surface area contributed by atoms with Crippen molar-refractivity contribution in [2.24, 2.45) is 17.3 Å². The van der Waals surface area contributed by atoms with E-state index in [1.165, 1.54) is 12.8 Å². The Hall–Kier alpha value is -0.530. The van der Waals surface area contributed by atoms with Gasteiger partial charge in [-0.2, -0.15) is 0 Å². The molecule has 0 aromatic rings. The lowest BCUT2D eigenvalue weighted by Gasteiger charge is -2.28. The van der Waals surface area contributed by atoms with E-state index in [0.717, 1.165) is 18.8 Å². The Kier molecular flexibility index (Phi) is 1.29. The Balaban J connectivity index is 2.23. The Morgan fingerprint density at radius 2 is 2.27 bits per heavy atom. The third-order valence-electron chi connectivity index (χ3n) is 3.64. The Morgan fingerprint density at radius 3 is 2.55 bits per heavy atom. The van der Waals surface area contributed by atoms with Crippen LogP contribution in [0.4, 0.5) is 0 Å². The van der Waals surface area contributed by atoms with E-state index in [2.05, 4.69) is 0 Å². The highest BCUT2D eigenvalue weighted by Crippen LogP contribution is 2.55. The summed E-state index contributed by atoms with van der Waals surface area (Å²) in [6, 6.07) is 0. The number of rotatable bonds is 1. The van der Waals surface area contributed by atoms with Gasteiger partial charge in [-0.05, 0) is 38.0 Å². The minimum Gasteiger partial charge on any atom is -0.481 e. The molecule has 2 fully saturated rings. The average Bonchev–Trinajstić information content (AvgIpc) is 2.45. The first-order valence-corrected chi connectivity index (χ1v) is 4.36. The van der Waals surface area contributed by atoms with Crippen LogP contribution >= 0.6 is 0 Å². The van der Waals surface area contributed by atoms with Crippen molar-refractivity contribution in [2.75, 3.05) is 0 Å². The summed E-state index contributed by atoms with van der Waals surface area (Å²) < 4.78 is 0. The summed E-state index contributed by atoms with van der Waals surface area (Å²) in [5.41, 5.74) is -0.372. The van der Waals surface area contributed by atoms with Crippen LogP contribution in [-0.2, 0) is 4.79 Å². The topological polar surface area (TPSA) is 37.3 Å². The fourth-order valence-electron chi connectivity index (χ4n) is 2.87. The van der Waals surface area contributed by atoms with Gasteiger partial charge < -0.3 is 5.11 Å². The number of aliphatic carboxylic acids is 1. The summed E-state index contributed by atoms with van der Waals surface area (Å²) in [5.74, 6) is 0.621. The molecule has 2 aliphatic rings. The molecule has 3 atom stereocenters. The first-order chi connectivity index (χ1) is 5.13. The molecule has 2 aliphatic carbocycles. The number of hydrogen-bond donors (Lipinski definition) is 1. The van der Waals surface area contributed by atoms with Crippen molar-refractivity contribution >= 4 is 5.97 Å². The second kappa shape index (κ2) is 1.99. The van der Waals surface area contributed by atoms with Crippen LogP contribution < -0.4 is 0 Å². The van der Waals surface area contributed by atoms with Gasteiger partial charge in [-0.3, -0.25) is 4.79 Å². The maximum Gasteiger partial charge on any atom is 0.309 e. The fourth-order valence-corrected chi connectivity index (χ4v) is 2.87. The molecule has 2 rings (SSSR count). The van der Waals surface area contributed by atoms with Crippen molar-refractivity contribution < 1.29 is 9.90 Å². The molecule has 0 unspecified atom stereocenters. The SMILES string of the molecule is C[C@@]1(C(=O)O)C[C@@H]2CC[C@H]1C2. The van der Waals surface area contributed by atoms with Crippen molar-refractivity contribution in [1.82, 2.24) is 0 Å². The van der Waals surface area contributed by atoms with Crippen LogP contribution in [0.2, 0.25) is 0 Å². The number of carboxylic acids is 1. The van der Waals surface area contributed by atoms with Crippen LogP contribution in [0.5, 0.6) is 0 Å². The first kappa shape index (κ1) is 7.14. The Morgan fingerprint density at radius 1 is 1.55 bits per heavy atom. The maximum absolute atomic E-state index is 10.9. The summed E-state index contributed by atoms with van der Waals surface area (Å²) >= 11 is 0. The van der Waals surface area contributed by atoms with Crippen LogP contribution in [0, 0.1) is 17.3 Å². The number of carboxylic acid groups (broad SMARTS) is 1. The van der Waals surface area contributed by atoms with Crippen molar-refractivity contribution in [3.05, 3.63) is 0 Å². The molecule has 2 nitrogen and oxygen atoms in total. The molecule has 11 heavy (non-hydrogen) atoms. The van der Waals surface area contributed by atoms with Gasteiger partial charge in [-0.15, -0.1) is 0 Å². The van der Waals surface area contributed by atoms with Crippen molar-refractivity contribution in [3.63, 3.8) is 0 Å². The zero-order valence-electron chi connectivity index (χ0n) is 6.84. The largest absolute Gasteiger partial charge is 0.481 e. The summed E-state index contributed by atoms with van der Waals surface area (Å²) in [7, 11) is 0. The van der Waals surface area contributed by atoms with E-state index in [9.17, 15) is 4.79 Å². The third-order valence-corrected chi connectivity index (χ3v) is 3.64. The molecule has 0 radical (unpaired) electrons. The molecule has 0 heterocycles. The highest BCUT2D eigenvalue weighted by Gasteiger charge is 2.52. The maximum atomic E-state index is 10.9. The van der Waals surface area contributed by atoms with E-state index in [0.29, 0.717) is 5.92 Å². The second-order valence-electron chi connectivity index (χ2n) is 4.30. The van der Waals surface area contributed by atoms with E-state index in [1.54, 1.807) is 0 Å². The molecule has 2 saturated carbocycles. The van der Waals surface area contributed by atoms with Crippen molar-refractivity contribution in [3.8, 4) is 0 Å². The predicted octanol–water partition coefficient (Wildman–Crippen LogP) is 1.90. The zero-order valence-corrected chi connectivity index (χ0v) is 6.84. The van der Waals surface area contributed by atoms with Crippen LogP contribution in [0.25, 0.3) is 0 Å². The molecule has 0 amide bonds. The number of fused-ring (bicyclic) bond motifs is 2.